The maximum absolute atomic E-state index is 12.6. The third kappa shape index (κ3) is 5.19. The molecule has 202 valence electrons. The Balaban J connectivity index is 1.40. The second-order valence-corrected chi connectivity index (χ2v) is 14.6. The first-order valence-corrected chi connectivity index (χ1v) is 15.4. The van der Waals surface area contributed by atoms with E-state index in [1.807, 2.05) is 0 Å². The maximum atomic E-state index is 12.6. The Labute approximate surface area is 211 Å². The molecule has 0 spiro atoms. The normalized spacial score (nSPS) is 44.1. The van der Waals surface area contributed by atoms with Gasteiger partial charge in [0.05, 0.1) is 18.0 Å². The van der Waals surface area contributed by atoms with Crippen molar-refractivity contribution < 1.29 is 28.0 Å². The van der Waals surface area contributed by atoms with E-state index in [4.69, 9.17) is 4.55 Å². The number of carbonyl (C=O) groups excluding carboxylic acids is 1. The zero-order valence-electron chi connectivity index (χ0n) is 22.0. The summed E-state index contributed by atoms with van der Waals surface area (Å²) in [7, 11) is -2.48. The van der Waals surface area contributed by atoms with Crippen molar-refractivity contribution >= 4 is 16.0 Å². The van der Waals surface area contributed by atoms with E-state index in [-0.39, 0.29) is 35.5 Å². The number of carbonyl (C=O) groups is 1. The summed E-state index contributed by atoms with van der Waals surface area (Å²) >= 11 is 0. The number of fused-ring (bicyclic) bond motifs is 5. The van der Waals surface area contributed by atoms with E-state index in [2.05, 4.69) is 20.8 Å². The van der Waals surface area contributed by atoms with Crippen molar-refractivity contribution in [3.05, 3.63) is 0 Å². The lowest BCUT2D eigenvalue weighted by molar-refractivity contribution is -0.174. The molecule has 4 fully saturated rings. The number of aliphatic hydroxyl groups excluding tert-OH is 2. The predicted octanol–water partition coefficient (Wildman–Crippen LogP) is 3.74. The highest BCUT2D eigenvalue weighted by Crippen LogP contribution is 2.68. The van der Waals surface area contributed by atoms with Gasteiger partial charge in [0.15, 0.2) is 0 Å². The largest absolute Gasteiger partial charge is 0.393 e. The Morgan fingerprint density at radius 3 is 2.37 bits per heavy atom. The van der Waals surface area contributed by atoms with E-state index in [1.54, 1.807) is 7.05 Å². The summed E-state index contributed by atoms with van der Waals surface area (Å²) in [6, 6.07) is 0. The van der Waals surface area contributed by atoms with Gasteiger partial charge in [-0.3, -0.25) is 9.35 Å². The Morgan fingerprint density at radius 1 is 1.03 bits per heavy atom. The summed E-state index contributed by atoms with van der Waals surface area (Å²) in [5.41, 5.74) is 0.409. The number of amides is 1. The van der Waals surface area contributed by atoms with Crippen molar-refractivity contribution in [1.82, 2.24) is 4.90 Å². The zero-order chi connectivity index (χ0) is 25.8. The third-order valence-electron chi connectivity index (χ3n) is 11.3. The van der Waals surface area contributed by atoms with Gasteiger partial charge in [0, 0.05) is 20.0 Å². The van der Waals surface area contributed by atoms with Gasteiger partial charge < -0.3 is 15.1 Å². The van der Waals surface area contributed by atoms with E-state index in [0.717, 1.165) is 51.4 Å². The minimum atomic E-state index is -4.07. The Kier molecular flexibility index (Phi) is 7.72. The maximum Gasteiger partial charge on any atom is 0.266 e. The summed E-state index contributed by atoms with van der Waals surface area (Å²) < 4.78 is 30.9. The van der Waals surface area contributed by atoms with Crippen LogP contribution in [-0.4, -0.2) is 65.5 Å². The van der Waals surface area contributed by atoms with Crippen molar-refractivity contribution in [2.45, 2.75) is 97.2 Å². The van der Waals surface area contributed by atoms with Crippen LogP contribution in [0.15, 0.2) is 0 Å². The molecule has 0 saturated heterocycles. The lowest BCUT2D eigenvalue weighted by Crippen LogP contribution is -2.58. The second kappa shape index (κ2) is 9.88. The van der Waals surface area contributed by atoms with Gasteiger partial charge in [0.25, 0.3) is 10.1 Å². The molecule has 7 nitrogen and oxygen atoms in total. The quantitative estimate of drug-likeness (QED) is 0.447. The average Bonchev–Trinajstić information content (AvgIpc) is 3.13. The van der Waals surface area contributed by atoms with Crippen LogP contribution < -0.4 is 0 Å². The zero-order valence-corrected chi connectivity index (χ0v) is 22.8. The number of rotatable bonds is 7. The van der Waals surface area contributed by atoms with E-state index >= 15 is 0 Å². The van der Waals surface area contributed by atoms with Crippen LogP contribution >= 0.6 is 0 Å². The van der Waals surface area contributed by atoms with Crippen molar-refractivity contribution in [3.8, 4) is 0 Å². The smallest absolute Gasteiger partial charge is 0.266 e. The molecule has 10 atom stereocenters. The SMILES string of the molecule is C[C@H](CCC(=O)N(C)CCS(=O)(=O)O)[C@H]1CC[C@H]2[C@@H]3[C@H](O)C[C@@H]4C[C@H](O)CC[C@]4(C)[C@H]3CC[C@]12C. The number of aliphatic hydroxyl groups is 2. The molecular weight excluding hydrogens is 466 g/mol. The van der Waals surface area contributed by atoms with Crippen molar-refractivity contribution in [3.63, 3.8) is 0 Å². The predicted molar refractivity (Wildman–Crippen MR) is 135 cm³/mol. The molecule has 4 rings (SSSR count). The molecule has 0 unspecified atom stereocenters. The molecule has 0 heterocycles. The molecule has 35 heavy (non-hydrogen) atoms. The van der Waals surface area contributed by atoms with Crippen molar-refractivity contribution in [1.29, 1.82) is 0 Å². The van der Waals surface area contributed by atoms with Crippen LogP contribution in [0.3, 0.4) is 0 Å². The highest BCUT2D eigenvalue weighted by atomic mass is 32.2. The minimum absolute atomic E-state index is 0.00696. The molecule has 0 radical (unpaired) electrons. The summed E-state index contributed by atoms with van der Waals surface area (Å²) in [6.07, 6.45) is 8.91. The lowest BCUT2D eigenvalue weighted by Gasteiger charge is -2.62. The standard InChI is InChI=1S/C27H47NO6S/c1-17(5-8-24(31)28(4)13-14-35(32,33)34)20-6-7-21-25-22(10-12-27(20,21)3)26(2)11-9-19(29)15-18(26)16-23(25)30/h17-23,25,29-30H,5-16H2,1-4H3,(H,32,33,34)/t17-,18+,19-,20-,21+,22+,23-,25+,26+,27-/m1/s1. The summed E-state index contributed by atoms with van der Waals surface area (Å²) in [5.74, 6) is 2.21. The summed E-state index contributed by atoms with van der Waals surface area (Å²) in [6.45, 7) is 7.14. The third-order valence-corrected chi connectivity index (χ3v) is 12.0. The van der Waals surface area contributed by atoms with Gasteiger partial charge in [-0.1, -0.05) is 20.8 Å². The fraction of sp³-hybridized carbons (Fsp3) is 0.963. The Bertz CT molecular complexity index is 894. The highest BCUT2D eigenvalue weighted by molar-refractivity contribution is 7.85. The first-order chi connectivity index (χ1) is 16.3. The molecule has 4 aliphatic carbocycles. The molecule has 3 N–H and O–H groups in total. The van der Waals surface area contributed by atoms with Crippen LogP contribution in [0.2, 0.25) is 0 Å². The van der Waals surface area contributed by atoms with E-state index in [1.165, 1.54) is 11.3 Å². The summed E-state index contributed by atoms with van der Waals surface area (Å²) in [4.78, 5) is 14.0. The molecule has 1 amide bonds. The van der Waals surface area contributed by atoms with Gasteiger partial charge in [0.1, 0.15) is 0 Å². The van der Waals surface area contributed by atoms with Crippen LogP contribution in [0.1, 0.15) is 85.0 Å². The molecular formula is C27H47NO6S. The topological polar surface area (TPSA) is 115 Å². The fourth-order valence-electron chi connectivity index (χ4n) is 9.30. The van der Waals surface area contributed by atoms with Crippen molar-refractivity contribution in [2.75, 3.05) is 19.3 Å². The molecule has 4 aliphatic rings. The van der Waals surface area contributed by atoms with Gasteiger partial charge in [-0.15, -0.1) is 0 Å². The van der Waals surface area contributed by atoms with Crippen LogP contribution in [-0.2, 0) is 14.9 Å². The second-order valence-electron chi connectivity index (χ2n) is 13.1. The molecule has 8 heteroatoms. The summed E-state index contributed by atoms with van der Waals surface area (Å²) in [5, 5.41) is 21.7. The molecule has 4 saturated carbocycles. The molecule has 0 bridgehead atoms. The van der Waals surface area contributed by atoms with Crippen LogP contribution in [0, 0.1) is 46.3 Å². The fourth-order valence-corrected chi connectivity index (χ4v) is 9.80. The number of nitrogens with zero attached hydrogens (tertiary/aromatic N) is 1. The molecule has 0 aromatic carbocycles. The van der Waals surface area contributed by atoms with E-state index < -0.39 is 15.9 Å². The van der Waals surface area contributed by atoms with Crippen molar-refractivity contribution in [2.24, 2.45) is 46.3 Å². The van der Waals surface area contributed by atoms with Crippen LogP contribution in [0.4, 0.5) is 0 Å². The van der Waals surface area contributed by atoms with E-state index in [0.29, 0.717) is 41.9 Å². The lowest BCUT2D eigenvalue weighted by atomic mass is 9.43. The van der Waals surface area contributed by atoms with Crippen LogP contribution in [0.25, 0.3) is 0 Å². The minimum Gasteiger partial charge on any atom is -0.393 e. The first-order valence-electron chi connectivity index (χ1n) is 13.8. The number of hydrogen-bond donors (Lipinski definition) is 3. The highest BCUT2D eigenvalue weighted by Gasteiger charge is 2.62. The molecule has 0 aliphatic heterocycles. The molecule has 0 aromatic heterocycles. The Hall–Kier alpha value is -0.700. The average molecular weight is 514 g/mol. The Morgan fingerprint density at radius 2 is 1.69 bits per heavy atom. The molecule has 0 aromatic rings. The van der Waals surface area contributed by atoms with Gasteiger partial charge in [-0.05, 0) is 104 Å². The van der Waals surface area contributed by atoms with Crippen LogP contribution in [0.5, 0.6) is 0 Å². The van der Waals surface area contributed by atoms with E-state index in [9.17, 15) is 23.4 Å². The van der Waals surface area contributed by atoms with Gasteiger partial charge >= 0.3 is 0 Å². The monoisotopic (exact) mass is 513 g/mol. The number of hydrogen-bond acceptors (Lipinski definition) is 5. The van der Waals surface area contributed by atoms with Gasteiger partial charge in [-0.25, -0.2) is 0 Å². The van der Waals surface area contributed by atoms with Gasteiger partial charge in [-0.2, -0.15) is 8.42 Å². The first kappa shape index (κ1) is 27.3. The van der Waals surface area contributed by atoms with Gasteiger partial charge in [0.2, 0.25) is 5.91 Å².